The van der Waals surface area contributed by atoms with Gasteiger partial charge in [0.05, 0.1) is 13.2 Å². The number of allylic oxidation sites excluding steroid dienone is 22. The van der Waals surface area contributed by atoms with E-state index in [2.05, 4.69) is 141 Å². The molecule has 0 saturated carbocycles. The van der Waals surface area contributed by atoms with Gasteiger partial charge in [-0.3, -0.25) is 18.6 Å². The van der Waals surface area contributed by atoms with Gasteiger partial charge in [0.25, 0.3) is 0 Å². The van der Waals surface area contributed by atoms with E-state index in [-0.39, 0.29) is 32.6 Å². The lowest BCUT2D eigenvalue weighted by Gasteiger charge is -2.19. The van der Waals surface area contributed by atoms with Crippen LogP contribution in [0.15, 0.2) is 134 Å². The SMILES string of the molecule is CC/C=C\C/C=C\C/C=C\C/C=C\C/C=C\C/C=C\C/C=C\CCCC(=O)OC(COC(=O)CCCCCCCC/C=C\C/C=C\C/C=C\C/C=C\CC)COP(=O)(O)OCCN. The van der Waals surface area contributed by atoms with E-state index in [4.69, 9.17) is 24.3 Å². The van der Waals surface area contributed by atoms with Crippen LogP contribution in [0, 0.1) is 0 Å². The number of hydrogen-bond acceptors (Lipinski definition) is 8. The number of ether oxygens (including phenoxy) is 2. The fourth-order valence-corrected chi connectivity index (χ4v) is 6.38. The Bertz CT molecular complexity index is 1480. The molecule has 0 aromatic heterocycles. The van der Waals surface area contributed by atoms with Crippen molar-refractivity contribution in [1.29, 1.82) is 0 Å². The van der Waals surface area contributed by atoms with Crippen LogP contribution in [-0.2, 0) is 32.7 Å². The quantitative estimate of drug-likeness (QED) is 0.0266. The lowest BCUT2D eigenvalue weighted by molar-refractivity contribution is -0.161. The molecular formula is C53H84NO8P. The van der Waals surface area contributed by atoms with E-state index in [1.807, 2.05) is 6.08 Å². The van der Waals surface area contributed by atoms with Crippen LogP contribution in [0.25, 0.3) is 0 Å². The molecule has 0 fully saturated rings. The highest BCUT2D eigenvalue weighted by Crippen LogP contribution is 2.43. The van der Waals surface area contributed by atoms with Crippen molar-refractivity contribution in [3.63, 3.8) is 0 Å². The van der Waals surface area contributed by atoms with Gasteiger partial charge in [-0.25, -0.2) is 4.57 Å². The van der Waals surface area contributed by atoms with E-state index in [0.717, 1.165) is 109 Å². The second-order valence-corrected chi connectivity index (χ2v) is 16.3. The van der Waals surface area contributed by atoms with Gasteiger partial charge in [0.2, 0.25) is 0 Å². The molecule has 0 saturated heterocycles. The highest BCUT2D eigenvalue weighted by molar-refractivity contribution is 7.47. The van der Waals surface area contributed by atoms with E-state index in [1.54, 1.807) is 0 Å². The molecule has 9 nitrogen and oxygen atoms in total. The number of unbranched alkanes of at least 4 members (excludes halogenated alkanes) is 7. The lowest BCUT2D eigenvalue weighted by Crippen LogP contribution is -2.29. The first-order valence-electron chi connectivity index (χ1n) is 23.7. The van der Waals surface area contributed by atoms with Gasteiger partial charge in [-0.2, -0.15) is 0 Å². The van der Waals surface area contributed by atoms with Crippen LogP contribution in [0.3, 0.4) is 0 Å². The number of carbonyl (C=O) groups excluding carboxylic acids is 2. The lowest BCUT2D eigenvalue weighted by atomic mass is 10.1. The Labute approximate surface area is 383 Å². The molecular weight excluding hydrogens is 810 g/mol. The molecule has 3 N–H and O–H groups in total. The van der Waals surface area contributed by atoms with Crippen molar-refractivity contribution in [1.82, 2.24) is 0 Å². The summed E-state index contributed by atoms with van der Waals surface area (Å²) in [6.45, 7) is 3.39. The number of phosphoric ester groups is 1. The Morgan fingerprint density at radius 3 is 1.27 bits per heavy atom. The molecule has 0 spiro atoms. The van der Waals surface area contributed by atoms with E-state index in [0.29, 0.717) is 19.3 Å². The molecule has 354 valence electrons. The van der Waals surface area contributed by atoms with E-state index in [1.165, 1.54) is 0 Å². The largest absolute Gasteiger partial charge is 0.472 e. The zero-order valence-electron chi connectivity index (χ0n) is 39.0. The van der Waals surface area contributed by atoms with Gasteiger partial charge in [-0.05, 0) is 103 Å². The van der Waals surface area contributed by atoms with Crippen molar-refractivity contribution >= 4 is 19.8 Å². The first-order valence-corrected chi connectivity index (χ1v) is 25.2. The minimum absolute atomic E-state index is 0.0335. The molecule has 2 unspecified atom stereocenters. The van der Waals surface area contributed by atoms with Crippen LogP contribution >= 0.6 is 7.82 Å². The van der Waals surface area contributed by atoms with Crippen LogP contribution in [-0.4, -0.2) is 49.3 Å². The van der Waals surface area contributed by atoms with Crippen molar-refractivity contribution in [2.24, 2.45) is 5.73 Å². The molecule has 2 atom stereocenters. The van der Waals surface area contributed by atoms with E-state index in [9.17, 15) is 19.0 Å². The van der Waals surface area contributed by atoms with Gasteiger partial charge < -0.3 is 20.1 Å². The van der Waals surface area contributed by atoms with Crippen molar-refractivity contribution in [3.8, 4) is 0 Å². The van der Waals surface area contributed by atoms with E-state index < -0.39 is 32.5 Å². The minimum Gasteiger partial charge on any atom is -0.462 e. The second-order valence-electron chi connectivity index (χ2n) is 14.9. The Balaban J connectivity index is 4.28. The van der Waals surface area contributed by atoms with E-state index >= 15 is 0 Å². The average molecular weight is 894 g/mol. The molecule has 0 heterocycles. The predicted molar refractivity (Wildman–Crippen MR) is 265 cm³/mol. The third kappa shape index (κ3) is 47.5. The zero-order chi connectivity index (χ0) is 46.0. The Kier molecular flexibility index (Phi) is 44.7. The summed E-state index contributed by atoms with van der Waals surface area (Å²) in [5.74, 6) is -0.929. The van der Waals surface area contributed by atoms with Crippen molar-refractivity contribution in [2.75, 3.05) is 26.4 Å². The molecule has 0 aliphatic rings. The van der Waals surface area contributed by atoms with Crippen LogP contribution in [0.5, 0.6) is 0 Å². The third-order valence-corrected chi connectivity index (χ3v) is 10.0. The second kappa shape index (κ2) is 47.6. The molecule has 0 bridgehead atoms. The maximum Gasteiger partial charge on any atom is 0.472 e. The molecule has 0 aromatic carbocycles. The summed E-state index contributed by atoms with van der Waals surface area (Å²) in [5, 5.41) is 0. The fourth-order valence-electron chi connectivity index (χ4n) is 5.61. The zero-order valence-corrected chi connectivity index (χ0v) is 39.9. The highest BCUT2D eigenvalue weighted by atomic mass is 31.2. The number of esters is 2. The summed E-state index contributed by atoms with van der Waals surface area (Å²) in [4.78, 5) is 35.0. The molecule has 10 heteroatoms. The van der Waals surface area contributed by atoms with Crippen LogP contribution < -0.4 is 5.73 Å². The van der Waals surface area contributed by atoms with Gasteiger partial charge in [-0.1, -0.05) is 173 Å². The molecule has 63 heavy (non-hydrogen) atoms. The summed E-state index contributed by atoms with van der Waals surface area (Å²) in [6.07, 6.45) is 66.3. The topological polar surface area (TPSA) is 134 Å². The summed E-state index contributed by atoms with van der Waals surface area (Å²) >= 11 is 0. The number of hydrogen-bond donors (Lipinski definition) is 2. The van der Waals surface area contributed by atoms with Gasteiger partial charge >= 0.3 is 19.8 Å². The Hall–Kier alpha value is -3.85. The van der Waals surface area contributed by atoms with Crippen molar-refractivity contribution in [2.45, 2.75) is 161 Å². The molecule has 0 aliphatic heterocycles. The number of carbonyl (C=O) groups is 2. The first-order chi connectivity index (χ1) is 30.8. The standard InChI is InChI=1S/C53H84NO8P/c1-3-5-7-9-11-13-15-17-19-21-23-24-25-26-28-30-32-34-36-38-40-42-44-46-53(56)62-51(50-61-63(57,58)60-48-47-54)49-59-52(55)45-43-41-39-37-35-33-31-29-27-22-20-18-16-14-12-10-8-6-4-2/h5-8,11-14,17-20,23-24,26-29,32,34,38,40,51H,3-4,9-10,15-16,21-22,25,30-31,33,35-37,39,41-50,54H2,1-2H3,(H,57,58)/b7-5-,8-6-,13-11-,14-12-,19-17-,20-18-,24-23-,28-26-,29-27-,34-32-,40-38-. The smallest absolute Gasteiger partial charge is 0.462 e. The monoisotopic (exact) mass is 894 g/mol. The van der Waals surface area contributed by atoms with Gasteiger partial charge in [0.15, 0.2) is 6.10 Å². The van der Waals surface area contributed by atoms with Crippen molar-refractivity contribution in [3.05, 3.63) is 134 Å². The van der Waals surface area contributed by atoms with Crippen molar-refractivity contribution < 1.29 is 37.6 Å². The summed E-state index contributed by atoms with van der Waals surface area (Å²) < 4.78 is 32.8. The number of phosphoric acid groups is 1. The third-order valence-electron chi connectivity index (χ3n) is 9.03. The normalized spacial score (nSPS) is 14.4. The van der Waals surface area contributed by atoms with Gasteiger partial charge in [0.1, 0.15) is 6.61 Å². The Morgan fingerprint density at radius 1 is 0.476 bits per heavy atom. The summed E-state index contributed by atoms with van der Waals surface area (Å²) in [7, 11) is -4.41. The van der Waals surface area contributed by atoms with Crippen LogP contribution in [0.4, 0.5) is 0 Å². The summed E-state index contributed by atoms with van der Waals surface area (Å²) in [6, 6.07) is 0. The molecule has 0 radical (unpaired) electrons. The molecule has 0 aromatic rings. The molecule has 0 amide bonds. The summed E-state index contributed by atoms with van der Waals surface area (Å²) in [5.41, 5.74) is 5.35. The van der Waals surface area contributed by atoms with Gasteiger partial charge in [0, 0.05) is 19.4 Å². The minimum atomic E-state index is -4.41. The van der Waals surface area contributed by atoms with Crippen LogP contribution in [0.1, 0.15) is 155 Å². The number of rotatable bonds is 42. The van der Waals surface area contributed by atoms with Crippen LogP contribution in [0.2, 0.25) is 0 Å². The Morgan fingerprint density at radius 2 is 0.841 bits per heavy atom. The number of nitrogens with two attached hydrogens (primary N) is 1. The average Bonchev–Trinajstić information content (AvgIpc) is 3.27. The highest BCUT2D eigenvalue weighted by Gasteiger charge is 2.25. The van der Waals surface area contributed by atoms with Gasteiger partial charge in [-0.15, -0.1) is 0 Å². The molecule has 0 rings (SSSR count). The predicted octanol–water partition coefficient (Wildman–Crippen LogP) is 14.3. The fraction of sp³-hybridized carbons (Fsp3) is 0.547. The molecule has 0 aliphatic carbocycles. The first kappa shape index (κ1) is 59.1. The maximum atomic E-state index is 12.6. The maximum absolute atomic E-state index is 12.6.